The Balaban J connectivity index is 0.00000144. The number of thiazole rings is 1. The van der Waals surface area contributed by atoms with E-state index in [4.69, 9.17) is 0 Å². The van der Waals surface area contributed by atoms with E-state index in [9.17, 15) is 10.5 Å². The summed E-state index contributed by atoms with van der Waals surface area (Å²) in [6.07, 6.45) is 0. The van der Waals surface area contributed by atoms with Crippen LogP contribution in [0.4, 0.5) is 5.13 Å². The SMILES string of the molecule is CN(O)c1nc2ccc(SOO[O-])cc2s1.[Na+]. The Morgan fingerprint density at radius 3 is 2.94 bits per heavy atom. The molecule has 0 saturated heterocycles. The van der Waals surface area contributed by atoms with Gasteiger partial charge in [0.1, 0.15) is 0 Å². The van der Waals surface area contributed by atoms with E-state index in [1.807, 2.05) is 0 Å². The Morgan fingerprint density at radius 2 is 2.29 bits per heavy atom. The fraction of sp³-hybridized carbons (Fsp3) is 0.125. The van der Waals surface area contributed by atoms with Gasteiger partial charge < -0.3 is 5.26 Å². The average molecular weight is 282 g/mol. The molecule has 9 heteroatoms. The van der Waals surface area contributed by atoms with Crippen LogP contribution in [-0.2, 0) is 9.37 Å². The van der Waals surface area contributed by atoms with Crippen LogP contribution in [0.2, 0.25) is 0 Å². The molecule has 0 saturated carbocycles. The molecule has 17 heavy (non-hydrogen) atoms. The van der Waals surface area contributed by atoms with Gasteiger partial charge in [0.15, 0.2) is 0 Å². The summed E-state index contributed by atoms with van der Waals surface area (Å²) < 4.78 is 5.09. The zero-order valence-corrected chi connectivity index (χ0v) is 12.7. The van der Waals surface area contributed by atoms with Crippen LogP contribution in [0.1, 0.15) is 0 Å². The molecule has 0 aliphatic carbocycles. The van der Waals surface area contributed by atoms with Crippen molar-refractivity contribution in [3.8, 4) is 0 Å². The maximum absolute atomic E-state index is 9.67. The van der Waals surface area contributed by atoms with Gasteiger partial charge in [-0.25, -0.2) is 10.0 Å². The van der Waals surface area contributed by atoms with Crippen molar-refractivity contribution in [2.45, 2.75) is 4.90 Å². The third kappa shape index (κ3) is 3.78. The first kappa shape index (κ1) is 15.2. The van der Waals surface area contributed by atoms with E-state index < -0.39 is 0 Å². The molecule has 1 heterocycles. The molecule has 1 aromatic heterocycles. The van der Waals surface area contributed by atoms with E-state index in [2.05, 4.69) is 14.4 Å². The fourth-order valence-corrected chi connectivity index (χ4v) is 2.48. The summed E-state index contributed by atoms with van der Waals surface area (Å²) in [6.45, 7) is 0. The second kappa shape index (κ2) is 6.88. The maximum Gasteiger partial charge on any atom is 1.00 e. The van der Waals surface area contributed by atoms with Crippen LogP contribution in [0.25, 0.3) is 10.2 Å². The van der Waals surface area contributed by atoms with Gasteiger partial charge in [0.2, 0.25) is 5.13 Å². The Morgan fingerprint density at radius 1 is 1.53 bits per heavy atom. The molecular formula is C8H7N2NaO4S2. The van der Waals surface area contributed by atoms with E-state index in [-0.39, 0.29) is 29.6 Å². The number of hydroxylamine groups is 1. The van der Waals surface area contributed by atoms with Gasteiger partial charge in [0, 0.05) is 11.9 Å². The molecular weight excluding hydrogens is 275 g/mol. The summed E-state index contributed by atoms with van der Waals surface area (Å²) in [4.78, 5) is 4.91. The van der Waals surface area contributed by atoms with Crippen molar-refractivity contribution in [1.82, 2.24) is 4.98 Å². The molecule has 0 aliphatic heterocycles. The van der Waals surface area contributed by atoms with Crippen molar-refractivity contribution >= 4 is 38.7 Å². The maximum atomic E-state index is 9.67. The van der Waals surface area contributed by atoms with Crippen molar-refractivity contribution in [1.29, 1.82) is 0 Å². The predicted octanol–water partition coefficient (Wildman–Crippen LogP) is -1.64. The van der Waals surface area contributed by atoms with Crippen LogP contribution in [0.3, 0.4) is 0 Å². The smallest absolute Gasteiger partial charge is 0.691 e. The normalized spacial score (nSPS) is 10.3. The second-order valence-corrected chi connectivity index (χ2v) is 4.65. The van der Waals surface area contributed by atoms with Crippen LogP contribution in [0.15, 0.2) is 23.1 Å². The second-order valence-electron chi connectivity index (χ2n) is 2.87. The molecule has 0 aliphatic rings. The number of hydrogen-bond acceptors (Lipinski definition) is 8. The molecule has 2 rings (SSSR count). The number of nitrogens with zero attached hydrogens (tertiary/aromatic N) is 2. The monoisotopic (exact) mass is 282 g/mol. The number of anilines is 1. The molecule has 6 nitrogen and oxygen atoms in total. The van der Waals surface area contributed by atoms with E-state index in [0.717, 1.165) is 32.2 Å². The van der Waals surface area contributed by atoms with Crippen LogP contribution in [0.5, 0.6) is 0 Å². The fourth-order valence-electron chi connectivity index (χ4n) is 1.14. The van der Waals surface area contributed by atoms with Gasteiger partial charge in [0.05, 0.1) is 22.3 Å². The number of aromatic nitrogens is 1. The molecule has 86 valence electrons. The summed E-state index contributed by atoms with van der Waals surface area (Å²) in [5.41, 5.74) is 0.772. The van der Waals surface area contributed by atoms with Crippen molar-refractivity contribution in [2.24, 2.45) is 0 Å². The zero-order chi connectivity index (χ0) is 11.5. The minimum atomic E-state index is 0. The van der Waals surface area contributed by atoms with Crippen molar-refractivity contribution < 1.29 is 49.4 Å². The number of fused-ring (bicyclic) bond motifs is 1. The molecule has 0 atom stereocenters. The van der Waals surface area contributed by atoms with E-state index in [0.29, 0.717) is 5.13 Å². The first-order valence-electron chi connectivity index (χ1n) is 4.17. The molecule has 1 N–H and O–H groups in total. The molecule has 1 aromatic carbocycles. The van der Waals surface area contributed by atoms with Crippen molar-refractivity contribution in [3.05, 3.63) is 18.2 Å². The van der Waals surface area contributed by atoms with Gasteiger partial charge in [-0.2, -0.15) is 4.33 Å². The van der Waals surface area contributed by atoms with Crippen LogP contribution in [-0.4, -0.2) is 17.2 Å². The van der Waals surface area contributed by atoms with Crippen LogP contribution in [0, 0.1) is 0 Å². The number of hydrogen-bond donors (Lipinski definition) is 1. The minimum absolute atomic E-state index is 0. The summed E-state index contributed by atoms with van der Waals surface area (Å²) in [5.74, 6) is 0. The molecule has 2 aromatic rings. The van der Waals surface area contributed by atoms with Gasteiger partial charge in [0.25, 0.3) is 0 Å². The zero-order valence-electron chi connectivity index (χ0n) is 9.11. The average Bonchev–Trinajstić information content (AvgIpc) is 2.69. The third-order valence-corrected chi connectivity index (χ3v) is 3.44. The minimum Gasteiger partial charge on any atom is -0.691 e. The van der Waals surface area contributed by atoms with Gasteiger partial charge in [-0.05, 0) is 18.2 Å². The van der Waals surface area contributed by atoms with Crippen LogP contribution >= 0.6 is 23.4 Å². The summed E-state index contributed by atoms with van der Waals surface area (Å²) >= 11 is 2.15. The van der Waals surface area contributed by atoms with Gasteiger partial charge in [-0.3, -0.25) is 10.2 Å². The molecule has 0 spiro atoms. The molecule has 0 amide bonds. The van der Waals surface area contributed by atoms with Gasteiger partial charge in [-0.15, -0.1) is 0 Å². The summed E-state index contributed by atoms with van der Waals surface area (Å²) in [7, 11) is 1.50. The summed E-state index contributed by atoms with van der Waals surface area (Å²) in [5, 5.41) is 23.6. The van der Waals surface area contributed by atoms with E-state index in [1.165, 1.54) is 18.4 Å². The van der Waals surface area contributed by atoms with E-state index >= 15 is 0 Å². The Bertz CT molecular complexity index is 493. The number of benzene rings is 1. The first-order chi connectivity index (χ1) is 7.70. The predicted molar refractivity (Wildman–Crippen MR) is 57.8 cm³/mol. The Hall–Kier alpha value is 0.1000. The molecule has 0 radical (unpaired) electrons. The van der Waals surface area contributed by atoms with Crippen LogP contribution < -0.4 is 39.9 Å². The van der Waals surface area contributed by atoms with Crippen molar-refractivity contribution in [2.75, 3.05) is 12.1 Å². The number of rotatable bonds is 4. The first-order valence-corrected chi connectivity index (χ1v) is 5.73. The largest absolute Gasteiger partial charge is 1.00 e. The van der Waals surface area contributed by atoms with Gasteiger partial charge >= 0.3 is 29.6 Å². The van der Waals surface area contributed by atoms with Crippen molar-refractivity contribution in [3.63, 3.8) is 0 Å². The van der Waals surface area contributed by atoms with E-state index in [1.54, 1.807) is 18.2 Å². The standard InChI is InChI=1S/C8H8N2O4S2.Na/c1-10(11)8-9-6-3-2-5(16-14-13-12)4-7(6)15-8;/h2-4,11-12H,1H3;/q;+1/p-1. The summed E-state index contributed by atoms with van der Waals surface area (Å²) in [6, 6.07) is 5.31. The quantitative estimate of drug-likeness (QED) is 0.312. The topological polar surface area (TPSA) is 77.9 Å². The Labute approximate surface area is 127 Å². The van der Waals surface area contributed by atoms with Gasteiger partial charge in [-0.1, -0.05) is 11.3 Å². The third-order valence-electron chi connectivity index (χ3n) is 1.78. The molecule has 0 unspecified atom stereocenters. The molecule has 0 fully saturated rings. The molecule has 0 bridgehead atoms. The Kier molecular flexibility index (Phi) is 6.13.